The molecule has 1 aromatic heterocycles. The third-order valence-corrected chi connectivity index (χ3v) is 2.97. The third kappa shape index (κ3) is 3.54. The molecule has 1 aromatic carbocycles. The summed E-state index contributed by atoms with van der Waals surface area (Å²) in [7, 11) is 1.67. The first-order valence-corrected chi connectivity index (χ1v) is 6.37. The highest BCUT2D eigenvalue weighted by atomic mass is 79.9. The van der Waals surface area contributed by atoms with Gasteiger partial charge in [0, 0.05) is 29.5 Å². The quantitative estimate of drug-likeness (QED) is 0.829. The van der Waals surface area contributed by atoms with E-state index in [0.717, 1.165) is 35.3 Å². The van der Waals surface area contributed by atoms with Gasteiger partial charge in [0.05, 0.1) is 7.11 Å². The molecule has 1 N–H and O–H groups in total. The molecule has 2 rings (SSSR count). The Balaban J connectivity index is 1.84. The predicted molar refractivity (Wildman–Crippen MR) is 70.4 cm³/mol. The van der Waals surface area contributed by atoms with Crippen LogP contribution in [0, 0.1) is 0 Å². The minimum absolute atomic E-state index is 0.642. The van der Waals surface area contributed by atoms with Crippen LogP contribution in [0.25, 0.3) is 0 Å². The normalized spacial score (nSPS) is 10.6. The number of hydrogen-bond acceptors (Lipinski definition) is 5. The predicted octanol–water partition coefficient (Wildman–Crippen LogP) is 2.17. The van der Waals surface area contributed by atoms with E-state index < -0.39 is 0 Å². The molecule has 0 saturated carbocycles. The molecule has 1 heterocycles. The monoisotopic (exact) mass is 311 g/mol. The van der Waals surface area contributed by atoms with Crippen LogP contribution in [0.4, 0.5) is 0 Å². The molecule has 18 heavy (non-hydrogen) atoms. The first-order chi connectivity index (χ1) is 8.79. The maximum Gasteiger partial charge on any atom is 0.227 e. The molecule has 0 aliphatic heterocycles. The molecule has 96 valence electrons. The van der Waals surface area contributed by atoms with E-state index in [0.29, 0.717) is 5.89 Å². The summed E-state index contributed by atoms with van der Waals surface area (Å²) in [5.41, 5.74) is 1.11. The van der Waals surface area contributed by atoms with Crippen LogP contribution in [0.5, 0.6) is 5.75 Å². The Hall–Kier alpha value is -1.40. The van der Waals surface area contributed by atoms with Crippen LogP contribution in [-0.2, 0) is 13.0 Å². The summed E-state index contributed by atoms with van der Waals surface area (Å²) in [5.74, 6) is 1.52. The summed E-state index contributed by atoms with van der Waals surface area (Å²) in [6.07, 6.45) is 2.13. The van der Waals surface area contributed by atoms with Crippen LogP contribution >= 0.6 is 15.9 Å². The average Bonchev–Trinajstić information content (AvgIpc) is 2.88. The number of halogens is 1. The molecule has 0 unspecified atom stereocenters. The van der Waals surface area contributed by atoms with Crippen molar-refractivity contribution < 1.29 is 9.26 Å². The van der Waals surface area contributed by atoms with Gasteiger partial charge in [-0.15, -0.1) is 0 Å². The van der Waals surface area contributed by atoms with Crippen molar-refractivity contribution in [3.63, 3.8) is 0 Å². The van der Waals surface area contributed by atoms with Gasteiger partial charge in [-0.1, -0.05) is 21.1 Å². The highest BCUT2D eigenvalue weighted by Gasteiger charge is 2.04. The zero-order valence-corrected chi connectivity index (χ0v) is 11.6. The van der Waals surface area contributed by atoms with Gasteiger partial charge in [0.1, 0.15) is 5.75 Å². The minimum atomic E-state index is 0.642. The van der Waals surface area contributed by atoms with Crippen LogP contribution in [0.1, 0.15) is 11.5 Å². The molecule has 0 atom stereocenters. The molecule has 5 nitrogen and oxygen atoms in total. The van der Waals surface area contributed by atoms with Crippen LogP contribution in [0.3, 0.4) is 0 Å². The second-order valence-electron chi connectivity index (χ2n) is 3.72. The van der Waals surface area contributed by atoms with Crippen molar-refractivity contribution in [2.75, 3.05) is 13.7 Å². The first-order valence-electron chi connectivity index (χ1n) is 5.58. The van der Waals surface area contributed by atoms with Gasteiger partial charge in [0.25, 0.3) is 0 Å². The van der Waals surface area contributed by atoms with Gasteiger partial charge >= 0.3 is 0 Å². The lowest BCUT2D eigenvalue weighted by atomic mass is 10.2. The Labute approximate surface area is 114 Å². The second kappa shape index (κ2) is 6.51. The molecule has 0 aliphatic rings. The number of rotatable bonds is 6. The Morgan fingerprint density at radius 3 is 3.06 bits per heavy atom. The van der Waals surface area contributed by atoms with Crippen molar-refractivity contribution in [1.29, 1.82) is 0 Å². The van der Waals surface area contributed by atoms with E-state index >= 15 is 0 Å². The Morgan fingerprint density at radius 1 is 1.44 bits per heavy atom. The number of aromatic nitrogens is 2. The number of nitrogens with one attached hydrogen (secondary N) is 1. The maximum atomic E-state index is 5.30. The SMILES string of the molecule is COc1ccc(Br)cc1CNCCc1ncno1. The Morgan fingerprint density at radius 2 is 2.33 bits per heavy atom. The summed E-state index contributed by atoms with van der Waals surface area (Å²) < 4.78 is 11.3. The lowest BCUT2D eigenvalue weighted by Gasteiger charge is -2.09. The van der Waals surface area contributed by atoms with Crippen LogP contribution < -0.4 is 10.1 Å². The molecule has 0 saturated heterocycles. The standard InChI is InChI=1S/C12H14BrN3O2/c1-17-11-3-2-10(13)6-9(11)7-14-5-4-12-15-8-16-18-12/h2-3,6,8,14H,4-5,7H2,1H3. The van der Waals surface area contributed by atoms with Gasteiger partial charge in [0.15, 0.2) is 6.33 Å². The van der Waals surface area contributed by atoms with Gasteiger partial charge in [-0.05, 0) is 18.2 Å². The topological polar surface area (TPSA) is 60.2 Å². The zero-order chi connectivity index (χ0) is 12.8. The molecule has 6 heteroatoms. The maximum absolute atomic E-state index is 5.30. The van der Waals surface area contributed by atoms with E-state index in [1.807, 2.05) is 18.2 Å². The summed E-state index contributed by atoms with van der Waals surface area (Å²) in [5, 5.41) is 6.87. The van der Waals surface area contributed by atoms with Crippen LogP contribution in [0.15, 0.2) is 33.5 Å². The van der Waals surface area contributed by atoms with Gasteiger partial charge in [-0.2, -0.15) is 4.98 Å². The fourth-order valence-corrected chi connectivity index (χ4v) is 2.02. The lowest BCUT2D eigenvalue weighted by molar-refractivity contribution is 0.374. The van der Waals surface area contributed by atoms with Crippen molar-refractivity contribution in [1.82, 2.24) is 15.5 Å². The average molecular weight is 312 g/mol. The highest BCUT2D eigenvalue weighted by Crippen LogP contribution is 2.22. The van der Waals surface area contributed by atoms with E-state index in [1.165, 1.54) is 6.33 Å². The van der Waals surface area contributed by atoms with Gasteiger partial charge < -0.3 is 14.6 Å². The molecule has 0 spiro atoms. The zero-order valence-electron chi connectivity index (χ0n) is 10.0. The number of methoxy groups -OCH3 is 1. The lowest BCUT2D eigenvalue weighted by Crippen LogP contribution is -2.17. The largest absolute Gasteiger partial charge is 0.496 e. The van der Waals surface area contributed by atoms with Crippen molar-refractivity contribution in [2.45, 2.75) is 13.0 Å². The molecule has 0 radical (unpaired) electrons. The molecular weight excluding hydrogens is 298 g/mol. The van der Waals surface area contributed by atoms with Gasteiger partial charge in [-0.3, -0.25) is 0 Å². The Bertz CT molecular complexity index is 488. The molecular formula is C12H14BrN3O2. The van der Waals surface area contributed by atoms with Crippen molar-refractivity contribution in [3.05, 3.63) is 40.5 Å². The molecule has 2 aromatic rings. The fraction of sp³-hybridized carbons (Fsp3) is 0.333. The summed E-state index contributed by atoms with van der Waals surface area (Å²) in [6.45, 7) is 1.51. The first kappa shape index (κ1) is 13.0. The van der Waals surface area contributed by atoms with Crippen LogP contribution in [0.2, 0.25) is 0 Å². The summed E-state index contributed by atoms with van der Waals surface area (Å²) in [6, 6.07) is 5.94. The van der Waals surface area contributed by atoms with Crippen molar-refractivity contribution >= 4 is 15.9 Å². The summed E-state index contributed by atoms with van der Waals surface area (Å²) >= 11 is 3.45. The number of ether oxygens (including phenoxy) is 1. The van der Waals surface area contributed by atoms with E-state index in [1.54, 1.807) is 7.11 Å². The molecule has 0 fully saturated rings. The third-order valence-electron chi connectivity index (χ3n) is 2.48. The van der Waals surface area contributed by atoms with Crippen molar-refractivity contribution in [3.8, 4) is 5.75 Å². The van der Waals surface area contributed by atoms with Gasteiger partial charge in [-0.25, -0.2) is 0 Å². The van der Waals surface area contributed by atoms with Crippen LogP contribution in [-0.4, -0.2) is 23.8 Å². The van der Waals surface area contributed by atoms with E-state index in [-0.39, 0.29) is 0 Å². The smallest absolute Gasteiger partial charge is 0.227 e. The number of nitrogens with zero attached hydrogens (tertiary/aromatic N) is 2. The van der Waals surface area contributed by atoms with E-state index in [4.69, 9.17) is 9.26 Å². The van der Waals surface area contributed by atoms with E-state index in [9.17, 15) is 0 Å². The second-order valence-corrected chi connectivity index (χ2v) is 4.63. The Kier molecular flexibility index (Phi) is 4.72. The summed E-state index contributed by atoms with van der Waals surface area (Å²) in [4.78, 5) is 3.96. The van der Waals surface area contributed by atoms with Gasteiger partial charge in [0.2, 0.25) is 5.89 Å². The number of hydrogen-bond donors (Lipinski definition) is 1. The van der Waals surface area contributed by atoms with E-state index in [2.05, 4.69) is 31.4 Å². The molecule has 0 bridgehead atoms. The fourth-order valence-electron chi connectivity index (χ4n) is 1.61. The van der Waals surface area contributed by atoms with Crippen molar-refractivity contribution in [2.24, 2.45) is 0 Å². The molecule has 0 amide bonds. The highest BCUT2D eigenvalue weighted by molar-refractivity contribution is 9.10. The minimum Gasteiger partial charge on any atom is -0.496 e. The number of benzene rings is 1. The molecule has 0 aliphatic carbocycles.